The van der Waals surface area contributed by atoms with Crippen molar-refractivity contribution in [1.29, 1.82) is 0 Å². The fourth-order valence-electron chi connectivity index (χ4n) is 3.22. The summed E-state index contributed by atoms with van der Waals surface area (Å²) < 4.78 is 27.3. The molecule has 0 bridgehead atoms. The molecule has 0 aromatic heterocycles. The summed E-state index contributed by atoms with van der Waals surface area (Å²) in [4.78, 5) is 14.6. The Labute approximate surface area is 141 Å². The van der Waals surface area contributed by atoms with Crippen molar-refractivity contribution in [2.75, 3.05) is 47.6 Å². The maximum Gasteiger partial charge on any atom is 0.254 e. The van der Waals surface area contributed by atoms with Gasteiger partial charge in [-0.3, -0.25) is 4.79 Å². The Bertz CT molecular complexity index is 576. The van der Waals surface area contributed by atoms with Crippen molar-refractivity contribution in [3.63, 3.8) is 0 Å². The lowest BCUT2D eigenvalue weighted by molar-refractivity contribution is -0.181. The first-order chi connectivity index (χ1) is 11.6. The molecule has 132 valence electrons. The van der Waals surface area contributed by atoms with E-state index in [0.29, 0.717) is 62.0 Å². The number of methoxy groups -OCH3 is 3. The van der Waals surface area contributed by atoms with Crippen LogP contribution in [-0.4, -0.2) is 64.2 Å². The molecule has 2 aliphatic rings. The van der Waals surface area contributed by atoms with Crippen LogP contribution >= 0.6 is 0 Å². The van der Waals surface area contributed by atoms with E-state index in [1.165, 1.54) is 21.3 Å². The minimum atomic E-state index is -0.494. The third-order valence-corrected chi connectivity index (χ3v) is 4.54. The van der Waals surface area contributed by atoms with Gasteiger partial charge in [-0.25, -0.2) is 0 Å². The molecule has 0 atom stereocenters. The van der Waals surface area contributed by atoms with E-state index in [-0.39, 0.29) is 5.91 Å². The Morgan fingerprint density at radius 2 is 1.54 bits per heavy atom. The zero-order valence-corrected chi connectivity index (χ0v) is 14.3. The zero-order valence-electron chi connectivity index (χ0n) is 14.3. The van der Waals surface area contributed by atoms with Gasteiger partial charge in [0.2, 0.25) is 5.75 Å². The van der Waals surface area contributed by atoms with Gasteiger partial charge >= 0.3 is 0 Å². The van der Waals surface area contributed by atoms with E-state index < -0.39 is 5.79 Å². The van der Waals surface area contributed by atoms with Gasteiger partial charge in [-0.2, -0.15) is 0 Å². The van der Waals surface area contributed by atoms with Gasteiger partial charge in [0.05, 0.1) is 34.5 Å². The fourth-order valence-corrected chi connectivity index (χ4v) is 3.22. The molecule has 24 heavy (non-hydrogen) atoms. The Hall–Kier alpha value is -1.99. The summed E-state index contributed by atoms with van der Waals surface area (Å²) in [6.07, 6.45) is 1.37. The van der Waals surface area contributed by atoms with Gasteiger partial charge < -0.3 is 28.6 Å². The predicted molar refractivity (Wildman–Crippen MR) is 85.9 cm³/mol. The number of carbonyl (C=O) groups is 1. The van der Waals surface area contributed by atoms with Crippen LogP contribution in [0.25, 0.3) is 0 Å². The first-order valence-corrected chi connectivity index (χ1v) is 7.99. The fraction of sp³-hybridized carbons (Fsp3) is 0.588. The number of hydrogen-bond acceptors (Lipinski definition) is 6. The predicted octanol–water partition coefficient (Wildman–Crippen LogP) is 1.69. The standard InChI is InChI=1S/C17H23NO6/c1-20-13-10-12(11-14(21-2)15(13)22-3)16(19)18-6-4-17(5-7-18)23-8-9-24-17/h10-11H,4-9H2,1-3H3. The van der Waals surface area contributed by atoms with Crippen LogP contribution in [0.3, 0.4) is 0 Å². The van der Waals surface area contributed by atoms with Crippen molar-refractivity contribution in [2.45, 2.75) is 18.6 Å². The Kier molecular flexibility index (Phi) is 4.82. The highest BCUT2D eigenvalue weighted by atomic mass is 16.7. The molecular weight excluding hydrogens is 314 g/mol. The molecule has 0 unspecified atom stereocenters. The van der Waals surface area contributed by atoms with E-state index >= 15 is 0 Å². The minimum Gasteiger partial charge on any atom is -0.493 e. The third-order valence-electron chi connectivity index (χ3n) is 4.54. The van der Waals surface area contributed by atoms with Crippen molar-refractivity contribution in [2.24, 2.45) is 0 Å². The van der Waals surface area contributed by atoms with E-state index in [9.17, 15) is 4.79 Å². The SMILES string of the molecule is COc1cc(C(=O)N2CCC3(CC2)OCCO3)cc(OC)c1OC. The molecule has 0 radical (unpaired) electrons. The van der Waals surface area contributed by atoms with Gasteiger partial charge in [0.1, 0.15) is 0 Å². The van der Waals surface area contributed by atoms with Crippen molar-refractivity contribution in [3.05, 3.63) is 17.7 Å². The highest BCUT2D eigenvalue weighted by molar-refractivity contribution is 5.95. The smallest absolute Gasteiger partial charge is 0.254 e. The quantitative estimate of drug-likeness (QED) is 0.833. The van der Waals surface area contributed by atoms with E-state index in [1.807, 2.05) is 0 Å². The Balaban J connectivity index is 1.78. The molecule has 2 fully saturated rings. The van der Waals surface area contributed by atoms with Crippen molar-refractivity contribution in [1.82, 2.24) is 4.90 Å². The first-order valence-electron chi connectivity index (χ1n) is 7.99. The monoisotopic (exact) mass is 337 g/mol. The van der Waals surface area contributed by atoms with Gasteiger partial charge in [-0.1, -0.05) is 0 Å². The van der Waals surface area contributed by atoms with Gasteiger partial charge in [0, 0.05) is 31.5 Å². The number of piperidine rings is 1. The number of carbonyl (C=O) groups excluding carboxylic acids is 1. The molecule has 7 heteroatoms. The largest absolute Gasteiger partial charge is 0.493 e. The van der Waals surface area contributed by atoms with Gasteiger partial charge in [-0.05, 0) is 12.1 Å². The van der Waals surface area contributed by atoms with Crippen LogP contribution in [0.5, 0.6) is 17.2 Å². The maximum absolute atomic E-state index is 12.8. The lowest BCUT2D eigenvalue weighted by Gasteiger charge is -2.37. The molecule has 1 spiro atoms. The Morgan fingerprint density at radius 1 is 1.00 bits per heavy atom. The number of hydrogen-bond donors (Lipinski definition) is 0. The average Bonchev–Trinajstić information content (AvgIpc) is 3.08. The molecule has 1 amide bonds. The molecule has 2 aliphatic heterocycles. The summed E-state index contributed by atoms with van der Waals surface area (Å²) in [7, 11) is 4.60. The highest BCUT2D eigenvalue weighted by Crippen LogP contribution is 2.39. The van der Waals surface area contributed by atoms with E-state index in [1.54, 1.807) is 17.0 Å². The number of nitrogens with zero attached hydrogens (tertiary/aromatic N) is 1. The van der Waals surface area contributed by atoms with Crippen molar-refractivity contribution in [3.8, 4) is 17.2 Å². The van der Waals surface area contributed by atoms with E-state index in [0.717, 1.165) is 0 Å². The molecule has 0 saturated carbocycles. The van der Waals surface area contributed by atoms with Crippen LogP contribution in [0.2, 0.25) is 0 Å². The van der Waals surface area contributed by atoms with Crippen molar-refractivity contribution < 1.29 is 28.5 Å². The van der Waals surface area contributed by atoms with Crippen LogP contribution in [-0.2, 0) is 9.47 Å². The molecule has 3 rings (SSSR count). The van der Waals surface area contributed by atoms with E-state index in [4.69, 9.17) is 23.7 Å². The first kappa shape index (κ1) is 16.9. The maximum atomic E-state index is 12.8. The second-order valence-corrected chi connectivity index (χ2v) is 5.81. The number of likely N-dealkylation sites (tertiary alicyclic amines) is 1. The average molecular weight is 337 g/mol. The molecule has 2 saturated heterocycles. The molecule has 2 heterocycles. The summed E-state index contributed by atoms with van der Waals surface area (Å²) in [6, 6.07) is 3.35. The molecule has 1 aromatic carbocycles. The lowest BCUT2D eigenvalue weighted by atomic mass is 10.0. The summed E-state index contributed by atoms with van der Waals surface area (Å²) >= 11 is 0. The summed E-state index contributed by atoms with van der Waals surface area (Å²) in [6.45, 7) is 2.44. The molecule has 0 N–H and O–H groups in total. The number of benzene rings is 1. The number of amides is 1. The van der Waals surface area contributed by atoms with E-state index in [2.05, 4.69) is 0 Å². The minimum absolute atomic E-state index is 0.0675. The van der Waals surface area contributed by atoms with Gasteiger partial charge in [0.25, 0.3) is 5.91 Å². The second-order valence-electron chi connectivity index (χ2n) is 5.81. The van der Waals surface area contributed by atoms with Crippen LogP contribution in [0.1, 0.15) is 23.2 Å². The van der Waals surface area contributed by atoms with Crippen molar-refractivity contribution >= 4 is 5.91 Å². The molecular formula is C17H23NO6. The molecule has 0 aliphatic carbocycles. The lowest BCUT2D eigenvalue weighted by Crippen LogP contribution is -2.47. The summed E-state index contributed by atoms with van der Waals surface area (Å²) in [5.74, 6) is 0.850. The topological polar surface area (TPSA) is 66.5 Å². The summed E-state index contributed by atoms with van der Waals surface area (Å²) in [5, 5.41) is 0. The summed E-state index contributed by atoms with van der Waals surface area (Å²) in [5.41, 5.74) is 0.508. The van der Waals surface area contributed by atoms with Gasteiger partial charge in [-0.15, -0.1) is 0 Å². The molecule has 1 aromatic rings. The van der Waals surface area contributed by atoms with Crippen LogP contribution < -0.4 is 14.2 Å². The van der Waals surface area contributed by atoms with Crippen LogP contribution in [0.4, 0.5) is 0 Å². The number of rotatable bonds is 4. The normalized spacial score (nSPS) is 19.4. The highest BCUT2D eigenvalue weighted by Gasteiger charge is 2.41. The Morgan fingerprint density at radius 3 is 2.00 bits per heavy atom. The zero-order chi connectivity index (χ0) is 17.2. The van der Waals surface area contributed by atoms with Gasteiger partial charge in [0.15, 0.2) is 17.3 Å². The van der Waals surface area contributed by atoms with Crippen LogP contribution in [0, 0.1) is 0 Å². The molecule has 7 nitrogen and oxygen atoms in total. The second kappa shape index (κ2) is 6.86. The van der Waals surface area contributed by atoms with Crippen LogP contribution in [0.15, 0.2) is 12.1 Å². The number of ether oxygens (including phenoxy) is 5. The third kappa shape index (κ3) is 3.01.